The maximum Gasteiger partial charge on any atom is 0.137 e. The predicted octanol–water partition coefficient (Wildman–Crippen LogP) is 4.87. The molecule has 1 aliphatic rings. The average molecular weight is 405 g/mol. The van der Waals surface area contributed by atoms with Crippen LogP contribution in [-0.4, -0.2) is 32.0 Å². The van der Waals surface area contributed by atoms with E-state index in [0.717, 1.165) is 28.9 Å². The minimum absolute atomic E-state index is 0.0862. The van der Waals surface area contributed by atoms with Gasteiger partial charge in [0.25, 0.3) is 0 Å². The van der Waals surface area contributed by atoms with Crippen LogP contribution in [0.1, 0.15) is 13.3 Å². The fourth-order valence-electron chi connectivity index (χ4n) is 3.91. The quantitative estimate of drug-likeness (QED) is 0.552. The molecular formula is C25H28N2O3. The monoisotopic (exact) mass is 404 g/mol. The van der Waals surface area contributed by atoms with Crippen molar-refractivity contribution in [3.8, 4) is 11.5 Å². The van der Waals surface area contributed by atoms with Gasteiger partial charge in [0.2, 0.25) is 0 Å². The molecule has 1 aromatic heterocycles. The zero-order valence-electron chi connectivity index (χ0n) is 17.2. The van der Waals surface area contributed by atoms with Gasteiger partial charge in [-0.15, -0.1) is 0 Å². The van der Waals surface area contributed by atoms with Crippen molar-refractivity contribution >= 4 is 17.2 Å². The van der Waals surface area contributed by atoms with E-state index in [-0.39, 0.29) is 17.4 Å². The SMILES string of the molecule is CC(Oc1cccc2occc12)C(COc1ccccc1)CC1(CN)C=CC=NC1. The number of aliphatic imine (C=N–C) groups is 1. The maximum absolute atomic E-state index is 6.42. The first-order chi connectivity index (χ1) is 14.7. The lowest BCUT2D eigenvalue weighted by molar-refractivity contribution is 0.0818. The number of fused-ring (bicyclic) bond motifs is 1. The van der Waals surface area contributed by atoms with Gasteiger partial charge in [0.05, 0.1) is 18.3 Å². The highest BCUT2D eigenvalue weighted by atomic mass is 16.5. The van der Waals surface area contributed by atoms with Gasteiger partial charge in [0.1, 0.15) is 23.2 Å². The molecule has 5 nitrogen and oxygen atoms in total. The topological polar surface area (TPSA) is 70.0 Å². The van der Waals surface area contributed by atoms with E-state index in [0.29, 0.717) is 19.7 Å². The molecule has 0 saturated carbocycles. The standard InChI is InChI=1S/C25H28N2O3/c1-19(30-24-10-5-9-23-22(24)11-14-28-23)20(16-29-21-7-3-2-4-8-21)15-25(17-26)12-6-13-27-18-25/h2-14,19-20H,15-18,26H2,1H3. The molecule has 0 fully saturated rings. The van der Waals surface area contributed by atoms with Crippen molar-refractivity contribution in [1.82, 2.24) is 0 Å². The third-order valence-electron chi connectivity index (χ3n) is 5.76. The van der Waals surface area contributed by atoms with Crippen LogP contribution in [0, 0.1) is 11.3 Å². The summed E-state index contributed by atoms with van der Waals surface area (Å²) in [5, 5.41) is 0.975. The highest BCUT2D eigenvalue weighted by molar-refractivity contribution is 5.83. The van der Waals surface area contributed by atoms with Gasteiger partial charge in [0, 0.05) is 30.6 Å². The summed E-state index contributed by atoms with van der Waals surface area (Å²) in [7, 11) is 0. The Balaban J connectivity index is 1.54. The van der Waals surface area contributed by atoms with Crippen molar-refractivity contribution in [1.29, 1.82) is 0 Å². The first kappa shape index (κ1) is 20.2. The van der Waals surface area contributed by atoms with Gasteiger partial charge >= 0.3 is 0 Å². The van der Waals surface area contributed by atoms with Gasteiger partial charge < -0.3 is 19.6 Å². The third-order valence-corrected chi connectivity index (χ3v) is 5.76. The minimum atomic E-state index is -0.182. The number of hydrogen-bond acceptors (Lipinski definition) is 5. The molecule has 0 amide bonds. The van der Waals surface area contributed by atoms with Crippen LogP contribution in [0.4, 0.5) is 0 Å². The summed E-state index contributed by atoms with van der Waals surface area (Å²) in [6.07, 6.45) is 8.43. The Kier molecular flexibility index (Phi) is 6.19. The summed E-state index contributed by atoms with van der Waals surface area (Å²) in [6.45, 7) is 3.85. The Bertz CT molecular complexity index is 1010. The van der Waals surface area contributed by atoms with Gasteiger partial charge in [0.15, 0.2) is 0 Å². The number of nitrogens with zero attached hydrogens (tertiary/aromatic N) is 1. The molecule has 0 aliphatic carbocycles. The average Bonchev–Trinajstić information content (AvgIpc) is 3.28. The van der Waals surface area contributed by atoms with E-state index in [2.05, 4.69) is 18.0 Å². The van der Waals surface area contributed by atoms with Gasteiger partial charge in [-0.05, 0) is 49.8 Å². The normalized spacial score (nSPS) is 20.2. The fraction of sp³-hybridized carbons (Fsp3) is 0.320. The van der Waals surface area contributed by atoms with Crippen LogP contribution >= 0.6 is 0 Å². The third kappa shape index (κ3) is 4.57. The van der Waals surface area contributed by atoms with Crippen LogP contribution in [0.15, 0.2) is 82.4 Å². The maximum atomic E-state index is 6.42. The second-order valence-corrected chi connectivity index (χ2v) is 7.92. The number of furan rings is 1. The molecule has 2 aromatic carbocycles. The minimum Gasteiger partial charge on any atom is -0.493 e. The molecule has 0 radical (unpaired) electrons. The zero-order chi connectivity index (χ0) is 20.8. The van der Waals surface area contributed by atoms with Crippen LogP contribution in [-0.2, 0) is 0 Å². The Morgan fingerprint density at radius 3 is 2.77 bits per heavy atom. The van der Waals surface area contributed by atoms with Crippen molar-refractivity contribution in [3.05, 3.63) is 73.0 Å². The number of benzene rings is 2. The molecule has 3 unspecified atom stereocenters. The molecule has 1 aliphatic heterocycles. The molecule has 0 saturated heterocycles. The first-order valence-corrected chi connectivity index (χ1v) is 10.4. The van der Waals surface area contributed by atoms with Crippen molar-refractivity contribution in [2.75, 3.05) is 19.7 Å². The van der Waals surface area contributed by atoms with Crippen LogP contribution in [0.3, 0.4) is 0 Å². The van der Waals surface area contributed by atoms with E-state index < -0.39 is 0 Å². The van der Waals surface area contributed by atoms with E-state index in [1.165, 1.54) is 0 Å². The molecule has 4 rings (SSSR count). The van der Waals surface area contributed by atoms with E-state index in [1.807, 2.05) is 66.9 Å². The van der Waals surface area contributed by atoms with Crippen LogP contribution < -0.4 is 15.2 Å². The van der Waals surface area contributed by atoms with Crippen molar-refractivity contribution in [2.24, 2.45) is 22.1 Å². The molecular weight excluding hydrogens is 376 g/mol. The lowest BCUT2D eigenvalue weighted by atomic mass is 9.76. The lowest BCUT2D eigenvalue weighted by Gasteiger charge is -2.35. The van der Waals surface area contributed by atoms with Gasteiger partial charge in [-0.1, -0.05) is 30.3 Å². The van der Waals surface area contributed by atoms with E-state index in [9.17, 15) is 0 Å². The van der Waals surface area contributed by atoms with E-state index in [1.54, 1.807) is 6.26 Å². The van der Waals surface area contributed by atoms with Gasteiger partial charge in [-0.25, -0.2) is 0 Å². The number of para-hydroxylation sites is 1. The Hall–Kier alpha value is -3.05. The molecule has 30 heavy (non-hydrogen) atoms. The van der Waals surface area contributed by atoms with E-state index in [4.69, 9.17) is 19.6 Å². The van der Waals surface area contributed by atoms with Crippen molar-refractivity contribution in [3.63, 3.8) is 0 Å². The summed E-state index contributed by atoms with van der Waals surface area (Å²) in [4.78, 5) is 4.46. The number of allylic oxidation sites excluding steroid dienone is 1. The van der Waals surface area contributed by atoms with Crippen molar-refractivity contribution in [2.45, 2.75) is 19.4 Å². The van der Waals surface area contributed by atoms with Gasteiger partial charge in [-0.2, -0.15) is 0 Å². The number of rotatable bonds is 9. The number of hydrogen-bond donors (Lipinski definition) is 1. The Labute approximate surface area is 177 Å². The summed E-state index contributed by atoms with van der Waals surface area (Å²) in [5.74, 6) is 1.79. The van der Waals surface area contributed by atoms with E-state index >= 15 is 0 Å². The molecule has 0 bridgehead atoms. The van der Waals surface area contributed by atoms with Crippen molar-refractivity contribution < 1.29 is 13.9 Å². The number of dihydropyridines is 1. The lowest BCUT2D eigenvalue weighted by Crippen LogP contribution is -2.40. The molecule has 2 N–H and O–H groups in total. The first-order valence-electron chi connectivity index (χ1n) is 10.4. The Morgan fingerprint density at radius 1 is 1.13 bits per heavy atom. The molecule has 156 valence electrons. The smallest absolute Gasteiger partial charge is 0.137 e. The molecule has 2 heterocycles. The molecule has 3 atom stereocenters. The zero-order valence-corrected chi connectivity index (χ0v) is 17.2. The number of nitrogens with two attached hydrogens (primary N) is 1. The molecule has 0 spiro atoms. The van der Waals surface area contributed by atoms with Crippen LogP contribution in [0.5, 0.6) is 11.5 Å². The summed E-state index contributed by atoms with van der Waals surface area (Å²) < 4.78 is 18.1. The fourth-order valence-corrected chi connectivity index (χ4v) is 3.91. The van der Waals surface area contributed by atoms with Crippen LogP contribution in [0.2, 0.25) is 0 Å². The summed E-state index contributed by atoms with van der Waals surface area (Å²) in [6, 6.07) is 17.7. The second kappa shape index (κ2) is 9.18. The summed E-state index contributed by atoms with van der Waals surface area (Å²) >= 11 is 0. The highest BCUT2D eigenvalue weighted by Gasteiger charge is 2.34. The Morgan fingerprint density at radius 2 is 2.00 bits per heavy atom. The predicted molar refractivity (Wildman–Crippen MR) is 120 cm³/mol. The number of ether oxygens (including phenoxy) is 2. The highest BCUT2D eigenvalue weighted by Crippen LogP contribution is 2.34. The van der Waals surface area contributed by atoms with Crippen LogP contribution in [0.25, 0.3) is 11.0 Å². The largest absolute Gasteiger partial charge is 0.493 e. The second-order valence-electron chi connectivity index (χ2n) is 7.92. The summed E-state index contributed by atoms with van der Waals surface area (Å²) in [5.41, 5.74) is 6.83. The van der Waals surface area contributed by atoms with Gasteiger partial charge in [-0.3, -0.25) is 4.99 Å². The molecule has 5 heteroatoms. The molecule has 3 aromatic rings.